The summed E-state index contributed by atoms with van der Waals surface area (Å²) in [5.41, 5.74) is 2.00. The van der Waals surface area contributed by atoms with Crippen molar-refractivity contribution < 1.29 is 4.79 Å². The molecule has 1 amide bonds. The van der Waals surface area contributed by atoms with Crippen LogP contribution >= 0.6 is 22.7 Å². The summed E-state index contributed by atoms with van der Waals surface area (Å²) < 4.78 is 1.87. The van der Waals surface area contributed by atoms with Gasteiger partial charge in [0, 0.05) is 35.6 Å². The van der Waals surface area contributed by atoms with Gasteiger partial charge in [0.25, 0.3) is 5.91 Å². The fourth-order valence-corrected chi connectivity index (χ4v) is 5.00. The maximum absolute atomic E-state index is 12.7. The molecule has 0 saturated carbocycles. The van der Waals surface area contributed by atoms with E-state index in [1.54, 1.807) is 11.3 Å². The van der Waals surface area contributed by atoms with Crippen LogP contribution in [0.3, 0.4) is 0 Å². The topological polar surface area (TPSA) is 50.5 Å². The molecule has 1 aliphatic heterocycles. The van der Waals surface area contributed by atoms with Gasteiger partial charge in [0.15, 0.2) is 11.5 Å². The number of thiophene rings is 2. The Hall–Kier alpha value is -2.51. The second-order valence-corrected chi connectivity index (χ2v) is 8.63. The number of pyridine rings is 1. The normalized spacial score (nSPS) is 17.5. The van der Waals surface area contributed by atoms with Gasteiger partial charge in [0.2, 0.25) is 0 Å². The third-order valence-electron chi connectivity index (χ3n) is 4.96. The van der Waals surface area contributed by atoms with Crippen molar-refractivity contribution in [3.8, 4) is 10.4 Å². The lowest BCUT2D eigenvalue weighted by Crippen LogP contribution is -2.39. The number of nitrogens with zero attached hydrogens (tertiary/aromatic N) is 4. The highest BCUT2D eigenvalue weighted by Crippen LogP contribution is 2.28. The molecule has 27 heavy (non-hydrogen) atoms. The van der Waals surface area contributed by atoms with Crippen LogP contribution in [0.2, 0.25) is 0 Å². The number of carbonyl (C=O) groups is 1. The van der Waals surface area contributed by atoms with Gasteiger partial charge in [0.1, 0.15) is 0 Å². The van der Waals surface area contributed by atoms with Crippen LogP contribution in [0.15, 0.2) is 53.4 Å². The zero-order valence-corrected chi connectivity index (χ0v) is 16.2. The molecule has 4 aromatic rings. The molecule has 0 aromatic carbocycles. The number of rotatable bonds is 3. The van der Waals surface area contributed by atoms with Crippen molar-refractivity contribution in [2.75, 3.05) is 13.1 Å². The molecule has 0 bridgehead atoms. The number of hydrogen-bond donors (Lipinski definition) is 0. The maximum Gasteiger partial charge on any atom is 0.263 e. The first-order valence-corrected chi connectivity index (χ1v) is 10.8. The largest absolute Gasteiger partial charge is 0.337 e. The van der Waals surface area contributed by atoms with Crippen LogP contribution in [0, 0.1) is 0 Å². The summed E-state index contributed by atoms with van der Waals surface area (Å²) in [4.78, 5) is 21.4. The molecule has 5 rings (SSSR count). The van der Waals surface area contributed by atoms with E-state index in [2.05, 4.69) is 23.6 Å². The minimum atomic E-state index is 0.124. The molecule has 1 atom stereocenters. The lowest BCUT2D eigenvalue weighted by Gasteiger charge is -2.31. The molecule has 0 aliphatic carbocycles. The van der Waals surface area contributed by atoms with Gasteiger partial charge in [-0.2, -0.15) is 5.10 Å². The number of piperidine rings is 1. The number of likely N-dealkylation sites (tertiary alicyclic amines) is 1. The van der Waals surface area contributed by atoms with Gasteiger partial charge in [-0.3, -0.25) is 4.79 Å². The van der Waals surface area contributed by atoms with Crippen LogP contribution in [0.25, 0.3) is 16.1 Å². The lowest BCUT2D eigenvalue weighted by atomic mass is 9.97. The maximum atomic E-state index is 12.7. The molecule has 4 aromatic heterocycles. The molecule has 5 nitrogen and oxygen atoms in total. The summed E-state index contributed by atoms with van der Waals surface area (Å²) in [6, 6.07) is 12.1. The molecule has 0 radical (unpaired) electrons. The Bertz CT molecular complexity index is 1070. The Kier molecular flexibility index (Phi) is 4.26. The Labute approximate surface area is 164 Å². The molecular weight excluding hydrogens is 376 g/mol. The van der Waals surface area contributed by atoms with Gasteiger partial charge in [0.05, 0.1) is 4.88 Å². The Balaban J connectivity index is 1.40. The first-order valence-electron chi connectivity index (χ1n) is 9.01. The molecular formula is C20H18N4OS2. The molecule has 5 heterocycles. The molecule has 1 aliphatic rings. The Morgan fingerprint density at radius 2 is 2.00 bits per heavy atom. The summed E-state index contributed by atoms with van der Waals surface area (Å²) in [6.07, 6.45) is 4.04. The minimum Gasteiger partial charge on any atom is -0.337 e. The minimum absolute atomic E-state index is 0.124. The summed E-state index contributed by atoms with van der Waals surface area (Å²) in [5, 5.41) is 8.76. The smallest absolute Gasteiger partial charge is 0.263 e. The Morgan fingerprint density at radius 1 is 1.11 bits per heavy atom. The van der Waals surface area contributed by atoms with E-state index in [0.717, 1.165) is 41.3 Å². The number of carbonyl (C=O) groups excluding carboxylic acids is 1. The molecule has 0 unspecified atom stereocenters. The zero-order chi connectivity index (χ0) is 18.2. The number of aromatic nitrogens is 3. The average molecular weight is 395 g/mol. The van der Waals surface area contributed by atoms with Gasteiger partial charge >= 0.3 is 0 Å². The van der Waals surface area contributed by atoms with E-state index >= 15 is 0 Å². The molecule has 1 saturated heterocycles. The average Bonchev–Trinajstić information content (AvgIpc) is 3.48. The van der Waals surface area contributed by atoms with Crippen LogP contribution in [-0.4, -0.2) is 38.5 Å². The summed E-state index contributed by atoms with van der Waals surface area (Å²) in [7, 11) is 0. The van der Waals surface area contributed by atoms with Gasteiger partial charge in [-0.1, -0.05) is 12.1 Å². The highest BCUT2D eigenvalue weighted by atomic mass is 32.1. The predicted molar refractivity (Wildman–Crippen MR) is 108 cm³/mol. The van der Waals surface area contributed by atoms with Crippen molar-refractivity contribution in [1.82, 2.24) is 19.5 Å². The Morgan fingerprint density at radius 3 is 2.81 bits per heavy atom. The van der Waals surface area contributed by atoms with E-state index in [0.29, 0.717) is 6.54 Å². The molecule has 7 heteroatoms. The van der Waals surface area contributed by atoms with Crippen molar-refractivity contribution in [3.05, 3.63) is 64.1 Å². The fourth-order valence-electron chi connectivity index (χ4n) is 3.59. The van der Waals surface area contributed by atoms with Crippen LogP contribution in [0.5, 0.6) is 0 Å². The molecule has 1 fully saturated rings. The molecule has 0 N–H and O–H groups in total. The quantitative estimate of drug-likeness (QED) is 0.513. The van der Waals surface area contributed by atoms with E-state index in [-0.39, 0.29) is 11.8 Å². The number of fused-ring (bicyclic) bond motifs is 1. The van der Waals surface area contributed by atoms with Crippen molar-refractivity contribution in [3.63, 3.8) is 0 Å². The summed E-state index contributed by atoms with van der Waals surface area (Å²) >= 11 is 3.22. The van der Waals surface area contributed by atoms with Crippen LogP contribution in [-0.2, 0) is 0 Å². The molecule has 136 valence electrons. The number of amides is 1. The highest BCUT2D eigenvalue weighted by molar-refractivity contribution is 7.13. The van der Waals surface area contributed by atoms with Crippen LogP contribution in [0.4, 0.5) is 0 Å². The van der Waals surface area contributed by atoms with Crippen molar-refractivity contribution in [2.24, 2.45) is 0 Å². The summed E-state index contributed by atoms with van der Waals surface area (Å²) in [5.74, 6) is 1.15. The van der Waals surface area contributed by atoms with E-state index in [9.17, 15) is 4.79 Å². The summed E-state index contributed by atoms with van der Waals surface area (Å²) in [6.45, 7) is 1.49. The monoisotopic (exact) mass is 394 g/mol. The van der Waals surface area contributed by atoms with E-state index in [1.165, 1.54) is 16.2 Å². The fraction of sp³-hybridized carbons (Fsp3) is 0.250. The number of hydrogen-bond acceptors (Lipinski definition) is 5. The SMILES string of the molecule is O=C(c1cccs1)N1CCC[C@H](c2nc3ccc(-c4cccs4)cn3n2)C1. The van der Waals surface area contributed by atoms with Crippen molar-refractivity contribution >= 4 is 34.2 Å². The second-order valence-electron chi connectivity index (χ2n) is 6.74. The first kappa shape index (κ1) is 16.6. The van der Waals surface area contributed by atoms with Crippen LogP contribution in [0.1, 0.15) is 34.3 Å². The third kappa shape index (κ3) is 3.17. The van der Waals surface area contributed by atoms with Gasteiger partial charge in [-0.05, 0) is 47.9 Å². The standard InChI is InChI=1S/C20H18N4OS2/c25-20(17-6-3-11-27-17)23-9-1-4-15(12-23)19-21-18-8-7-14(13-24(18)22-19)16-5-2-10-26-16/h2-3,5-8,10-11,13,15H,1,4,9,12H2/t15-/m0/s1. The first-order chi connectivity index (χ1) is 13.3. The zero-order valence-electron chi connectivity index (χ0n) is 14.6. The van der Waals surface area contributed by atoms with E-state index in [4.69, 9.17) is 10.1 Å². The van der Waals surface area contributed by atoms with Gasteiger partial charge in [-0.15, -0.1) is 22.7 Å². The van der Waals surface area contributed by atoms with E-state index < -0.39 is 0 Å². The lowest BCUT2D eigenvalue weighted by molar-refractivity contribution is 0.0709. The van der Waals surface area contributed by atoms with E-state index in [1.807, 2.05) is 39.2 Å². The molecule has 0 spiro atoms. The third-order valence-corrected chi connectivity index (χ3v) is 6.74. The highest BCUT2D eigenvalue weighted by Gasteiger charge is 2.28. The predicted octanol–water partition coefficient (Wildman–Crippen LogP) is 4.54. The second kappa shape index (κ2) is 6.90. The van der Waals surface area contributed by atoms with Gasteiger partial charge < -0.3 is 4.90 Å². The van der Waals surface area contributed by atoms with Crippen molar-refractivity contribution in [1.29, 1.82) is 0 Å². The van der Waals surface area contributed by atoms with Crippen LogP contribution < -0.4 is 0 Å². The van der Waals surface area contributed by atoms with Crippen molar-refractivity contribution in [2.45, 2.75) is 18.8 Å². The van der Waals surface area contributed by atoms with Gasteiger partial charge in [-0.25, -0.2) is 9.50 Å².